The molecule has 1 heterocycles. The van der Waals surface area contributed by atoms with E-state index in [1.165, 1.54) is 0 Å². The predicted molar refractivity (Wildman–Crippen MR) is 122 cm³/mol. The highest BCUT2D eigenvalue weighted by Gasteiger charge is 2.30. The third-order valence-electron chi connectivity index (χ3n) is 4.62. The number of halogens is 4. The maximum atomic E-state index is 13.6. The second kappa shape index (κ2) is 8.52. The number of anilines is 1. The molecular formula is C23H16BrClF2N2O3. The van der Waals surface area contributed by atoms with Gasteiger partial charge in [-0.3, -0.25) is 4.79 Å². The number of nitrogens with one attached hydrogen (secondary N) is 1. The first-order valence-corrected chi connectivity index (χ1v) is 10.6. The fourth-order valence-corrected chi connectivity index (χ4v) is 3.43. The van der Waals surface area contributed by atoms with E-state index in [1.54, 1.807) is 44.2 Å². The molecule has 0 aliphatic heterocycles. The second-order valence-electron chi connectivity index (χ2n) is 7.47. The van der Waals surface area contributed by atoms with E-state index in [-0.39, 0.29) is 22.4 Å². The minimum atomic E-state index is -1.16. The summed E-state index contributed by atoms with van der Waals surface area (Å²) in [5.74, 6) is -1.91. The molecule has 0 bridgehead atoms. The molecular weight excluding hydrogens is 506 g/mol. The van der Waals surface area contributed by atoms with Crippen LogP contribution in [0.2, 0.25) is 5.02 Å². The Morgan fingerprint density at radius 1 is 1.09 bits per heavy atom. The van der Waals surface area contributed by atoms with Crippen LogP contribution in [0.5, 0.6) is 5.75 Å². The third-order valence-corrected chi connectivity index (χ3v) is 5.46. The maximum Gasteiger partial charge on any atom is 0.267 e. The van der Waals surface area contributed by atoms with Crippen LogP contribution in [0.25, 0.3) is 22.6 Å². The number of rotatable bonds is 5. The molecule has 1 aromatic heterocycles. The standard InChI is InChI=1S/C23H16BrClF2N2O3/c1-23(2,32-14-6-3-12(24)4-7-14)22(30)28-13-5-8-20-19(9-13)29-21(31-20)15-10-17(26)18(27)11-16(15)25/h3-11H,1-2H3,(H,28,30). The van der Waals surface area contributed by atoms with Crippen LogP contribution in [-0.2, 0) is 4.79 Å². The molecule has 0 unspecified atom stereocenters. The normalized spacial score (nSPS) is 11.6. The van der Waals surface area contributed by atoms with Gasteiger partial charge in [-0.2, -0.15) is 0 Å². The van der Waals surface area contributed by atoms with Crippen LogP contribution in [0.1, 0.15) is 13.8 Å². The van der Waals surface area contributed by atoms with E-state index in [0.717, 1.165) is 16.6 Å². The molecule has 164 valence electrons. The van der Waals surface area contributed by atoms with E-state index in [4.69, 9.17) is 20.8 Å². The van der Waals surface area contributed by atoms with Gasteiger partial charge >= 0.3 is 0 Å². The third kappa shape index (κ3) is 4.61. The van der Waals surface area contributed by atoms with Gasteiger partial charge in [-0.05, 0) is 68.4 Å². The molecule has 9 heteroatoms. The number of carbonyl (C=O) groups is 1. The van der Waals surface area contributed by atoms with Crippen molar-refractivity contribution in [3.63, 3.8) is 0 Å². The Kier molecular flexibility index (Phi) is 5.92. The zero-order valence-electron chi connectivity index (χ0n) is 16.9. The number of carbonyl (C=O) groups excluding carboxylic acids is 1. The molecule has 4 rings (SSSR count). The summed E-state index contributed by atoms with van der Waals surface area (Å²) in [6.07, 6.45) is 0. The molecule has 0 radical (unpaired) electrons. The van der Waals surface area contributed by atoms with Gasteiger partial charge in [0.1, 0.15) is 11.3 Å². The van der Waals surface area contributed by atoms with Crippen LogP contribution < -0.4 is 10.1 Å². The first kappa shape index (κ1) is 22.2. The van der Waals surface area contributed by atoms with Crippen LogP contribution in [-0.4, -0.2) is 16.5 Å². The lowest BCUT2D eigenvalue weighted by molar-refractivity contribution is -0.128. The quantitative estimate of drug-likeness (QED) is 0.288. The number of fused-ring (bicyclic) bond motifs is 1. The molecule has 5 nitrogen and oxygen atoms in total. The summed E-state index contributed by atoms with van der Waals surface area (Å²) < 4.78 is 39.3. The molecule has 32 heavy (non-hydrogen) atoms. The first-order valence-electron chi connectivity index (χ1n) is 9.44. The average Bonchev–Trinajstić information content (AvgIpc) is 3.15. The van der Waals surface area contributed by atoms with Gasteiger partial charge in [-0.15, -0.1) is 0 Å². The summed E-state index contributed by atoms with van der Waals surface area (Å²) in [7, 11) is 0. The molecule has 1 amide bonds. The van der Waals surface area contributed by atoms with E-state index >= 15 is 0 Å². The molecule has 0 aliphatic rings. The van der Waals surface area contributed by atoms with Crippen molar-refractivity contribution in [2.75, 3.05) is 5.32 Å². The molecule has 3 aromatic carbocycles. The summed E-state index contributed by atoms with van der Waals surface area (Å²) in [5.41, 5.74) is 0.230. The van der Waals surface area contributed by atoms with Gasteiger partial charge in [0.05, 0.1) is 10.6 Å². The summed E-state index contributed by atoms with van der Waals surface area (Å²) in [6.45, 7) is 3.31. The van der Waals surface area contributed by atoms with Gasteiger partial charge in [-0.25, -0.2) is 13.8 Å². The summed E-state index contributed by atoms with van der Waals surface area (Å²) in [6, 6.07) is 13.8. The summed E-state index contributed by atoms with van der Waals surface area (Å²) in [4.78, 5) is 17.1. The zero-order chi connectivity index (χ0) is 23.0. The van der Waals surface area contributed by atoms with Crippen molar-refractivity contribution in [2.45, 2.75) is 19.4 Å². The molecule has 1 N–H and O–H groups in total. The number of amides is 1. The van der Waals surface area contributed by atoms with Crippen molar-refractivity contribution in [3.05, 3.63) is 75.7 Å². The zero-order valence-corrected chi connectivity index (χ0v) is 19.2. The Morgan fingerprint density at radius 3 is 2.50 bits per heavy atom. The van der Waals surface area contributed by atoms with E-state index in [1.807, 2.05) is 12.1 Å². The van der Waals surface area contributed by atoms with Crippen molar-refractivity contribution in [2.24, 2.45) is 0 Å². The van der Waals surface area contributed by atoms with E-state index < -0.39 is 17.2 Å². The number of aromatic nitrogens is 1. The number of nitrogens with zero attached hydrogens (tertiary/aromatic N) is 1. The van der Waals surface area contributed by atoms with Gasteiger partial charge in [0.25, 0.3) is 5.91 Å². The van der Waals surface area contributed by atoms with E-state index in [0.29, 0.717) is 22.5 Å². The van der Waals surface area contributed by atoms with E-state index in [2.05, 4.69) is 26.2 Å². The fraction of sp³-hybridized carbons (Fsp3) is 0.130. The highest BCUT2D eigenvalue weighted by atomic mass is 79.9. The van der Waals surface area contributed by atoms with Crippen molar-refractivity contribution in [1.29, 1.82) is 0 Å². The summed E-state index contributed by atoms with van der Waals surface area (Å²) >= 11 is 9.36. The Bertz CT molecular complexity index is 1320. The molecule has 0 saturated carbocycles. The number of benzene rings is 3. The van der Waals surface area contributed by atoms with Gasteiger partial charge in [-0.1, -0.05) is 27.5 Å². The van der Waals surface area contributed by atoms with Gasteiger partial charge in [0.15, 0.2) is 22.8 Å². The number of ether oxygens (including phenoxy) is 1. The molecule has 0 fully saturated rings. The second-order valence-corrected chi connectivity index (χ2v) is 8.79. The van der Waals surface area contributed by atoms with Crippen molar-refractivity contribution in [3.8, 4) is 17.2 Å². The van der Waals surface area contributed by atoms with Crippen molar-refractivity contribution in [1.82, 2.24) is 4.98 Å². The Balaban J connectivity index is 1.55. The lowest BCUT2D eigenvalue weighted by Crippen LogP contribution is -2.42. The lowest BCUT2D eigenvalue weighted by Gasteiger charge is -2.25. The van der Waals surface area contributed by atoms with Gasteiger partial charge in [0.2, 0.25) is 5.89 Å². The largest absolute Gasteiger partial charge is 0.478 e. The average molecular weight is 522 g/mol. The minimum Gasteiger partial charge on any atom is -0.478 e. The smallest absolute Gasteiger partial charge is 0.267 e. The molecule has 0 saturated heterocycles. The Labute approximate surface area is 195 Å². The Morgan fingerprint density at radius 2 is 1.78 bits per heavy atom. The molecule has 0 atom stereocenters. The van der Waals surface area contributed by atoms with Crippen LogP contribution in [0.3, 0.4) is 0 Å². The monoisotopic (exact) mass is 520 g/mol. The molecule has 4 aromatic rings. The van der Waals surface area contributed by atoms with E-state index in [9.17, 15) is 13.6 Å². The number of oxazole rings is 1. The summed E-state index contributed by atoms with van der Waals surface area (Å²) in [5, 5.41) is 2.76. The predicted octanol–water partition coefficient (Wildman–Crippen LogP) is 6.99. The fourth-order valence-electron chi connectivity index (χ4n) is 2.93. The van der Waals surface area contributed by atoms with Crippen LogP contribution in [0.15, 0.2) is 63.5 Å². The lowest BCUT2D eigenvalue weighted by atomic mass is 10.1. The molecule has 0 aliphatic carbocycles. The maximum absolute atomic E-state index is 13.6. The van der Waals surface area contributed by atoms with Crippen LogP contribution in [0.4, 0.5) is 14.5 Å². The highest BCUT2D eigenvalue weighted by molar-refractivity contribution is 9.10. The SMILES string of the molecule is CC(C)(Oc1ccc(Br)cc1)C(=O)Nc1ccc2oc(-c3cc(F)c(F)cc3Cl)nc2c1. The van der Waals surface area contributed by atoms with Gasteiger partial charge in [0, 0.05) is 10.2 Å². The first-order chi connectivity index (χ1) is 15.1. The van der Waals surface area contributed by atoms with Gasteiger partial charge < -0.3 is 14.5 Å². The topological polar surface area (TPSA) is 64.4 Å². The van der Waals surface area contributed by atoms with Crippen LogP contribution in [0, 0.1) is 11.6 Å². The highest BCUT2D eigenvalue weighted by Crippen LogP contribution is 2.32. The Hall–Kier alpha value is -2.97. The van der Waals surface area contributed by atoms with Crippen LogP contribution >= 0.6 is 27.5 Å². The van der Waals surface area contributed by atoms with Crippen molar-refractivity contribution < 1.29 is 22.7 Å². The minimum absolute atomic E-state index is 0.0316. The number of hydrogen-bond donors (Lipinski definition) is 1. The number of hydrogen-bond acceptors (Lipinski definition) is 4. The molecule has 0 spiro atoms. The van der Waals surface area contributed by atoms with Crippen molar-refractivity contribution >= 4 is 50.2 Å².